The van der Waals surface area contributed by atoms with E-state index in [1.807, 2.05) is 16.7 Å². The second-order valence-electron chi connectivity index (χ2n) is 6.19. The molecule has 1 aliphatic heterocycles. The Bertz CT molecular complexity index is 744. The first-order chi connectivity index (χ1) is 11.7. The minimum absolute atomic E-state index is 0.255. The lowest BCUT2D eigenvalue weighted by Gasteiger charge is -2.38. The van der Waals surface area contributed by atoms with Gasteiger partial charge < -0.3 is 14.2 Å². The highest BCUT2D eigenvalue weighted by Gasteiger charge is 2.47. The number of hydrogen-bond donors (Lipinski definition) is 0. The van der Waals surface area contributed by atoms with Gasteiger partial charge in [0, 0.05) is 25.4 Å². The van der Waals surface area contributed by atoms with Gasteiger partial charge in [-0.2, -0.15) is 0 Å². The first kappa shape index (κ1) is 15.0. The van der Waals surface area contributed by atoms with Gasteiger partial charge >= 0.3 is 0 Å². The molecular weight excluding hydrogens is 313 g/mol. The van der Waals surface area contributed by atoms with E-state index in [1.165, 1.54) is 0 Å². The van der Waals surface area contributed by atoms with Crippen LogP contribution in [0, 0.1) is 0 Å². The molecule has 1 amide bonds. The van der Waals surface area contributed by atoms with Crippen LogP contribution >= 0.6 is 0 Å². The summed E-state index contributed by atoms with van der Waals surface area (Å²) in [5, 5.41) is 8.26. The van der Waals surface area contributed by atoms with Crippen LogP contribution in [0.2, 0.25) is 0 Å². The van der Waals surface area contributed by atoms with E-state index < -0.39 is 11.6 Å². The summed E-state index contributed by atoms with van der Waals surface area (Å²) < 4.78 is 21.8. The van der Waals surface area contributed by atoms with Crippen molar-refractivity contribution in [3.63, 3.8) is 0 Å². The molecule has 2 aromatic rings. The standard InChI is InChI=1S/C16H18FN5O2/c17-16(5-3-6-16)15(23)21-8-9-22-12(10-21)19-20-13(22)11-24-14-4-1-2-7-18-14/h1-2,4,7H,3,5-6,8-11H2. The summed E-state index contributed by atoms with van der Waals surface area (Å²) in [5.41, 5.74) is -1.66. The monoisotopic (exact) mass is 331 g/mol. The highest BCUT2D eigenvalue weighted by Crippen LogP contribution is 2.38. The van der Waals surface area contributed by atoms with E-state index in [9.17, 15) is 9.18 Å². The van der Waals surface area contributed by atoms with Gasteiger partial charge in [-0.25, -0.2) is 9.37 Å². The van der Waals surface area contributed by atoms with Crippen LogP contribution < -0.4 is 4.74 Å². The lowest BCUT2D eigenvalue weighted by molar-refractivity contribution is -0.151. The fourth-order valence-electron chi connectivity index (χ4n) is 3.05. The van der Waals surface area contributed by atoms with E-state index in [0.29, 0.717) is 50.0 Å². The number of alkyl halides is 1. The normalized spacial score (nSPS) is 18.6. The predicted molar refractivity (Wildman–Crippen MR) is 81.7 cm³/mol. The Kier molecular flexibility index (Phi) is 3.66. The molecule has 126 valence electrons. The fraction of sp³-hybridized carbons (Fsp3) is 0.500. The van der Waals surface area contributed by atoms with Gasteiger partial charge in [-0.05, 0) is 25.3 Å². The Morgan fingerprint density at radius 1 is 1.29 bits per heavy atom. The van der Waals surface area contributed by atoms with Crippen molar-refractivity contribution in [1.82, 2.24) is 24.6 Å². The molecule has 0 atom stereocenters. The number of pyridine rings is 1. The minimum atomic E-state index is -1.66. The average Bonchev–Trinajstić information content (AvgIpc) is 3.00. The predicted octanol–water partition coefficient (Wildman–Crippen LogP) is 1.49. The third-order valence-corrected chi connectivity index (χ3v) is 4.63. The van der Waals surface area contributed by atoms with Crippen molar-refractivity contribution in [2.24, 2.45) is 0 Å². The summed E-state index contributed by atoms with van der Waals surface area (Å²) in [4.78, 5) is 17.9. The first-order valence-electron chi connectivity index (χ1n) is 8.09. The van der Waals surface area contributed by atoms with E-state index >= 15 is 0 Å². The number of hydrogen-bond acceptors (Lipinski definition) is 5. The van der Waals surface area contributed by atoms with Crippen molar-refractivity contribution in [2.45, 2.75) is 44.6 Å². The fourth-order valence-corrected chi connectivity index (χ4v) is 3.05. The third kappa shape index (κ3) is 2.61. The van der Waals surface area contributed by atoms with Gasteiger partial charge in [-0.1, -0.05) is 6.07 Å². The third-order valence-electron chi connectivity index (χ3n) is 4.63. The summed E-state index contributed by atoms with van der Waals surface area (Å²) in [6.45, 7) is 1.56. The van der Waals surface area contributed by atoms with Gasteiger partial charge in [-0.3, -0.25) is 4.79 Å². The zero-order chi connectivity index (χ0) is 16.6. The molecule has 0 unspecified atom stereocenters. The number of carbonyl (C=O) groups excluding carboxylic acids is 1. The highest BCUT2D eigenvalue weighted by molar-refractivity contribution is 5.86. The molecule has 0 spiro atoms. The molecule has 3 heterocycles. The van der Waals surface area contributed by atoms with Crippen LogP contribution in [0.1, 0.15) is 30.9 Å². The number of carbonyl (C=O) groups is 1. The Labute approximate surface area is 138 Å². The molecule has 8 heteroatoms. The molecule has 2 aromatic heterocycles. The first-order valence-corrected chi connectivity index (χ1v) is 8.09. The van der Waals surface area contributed by atoms with E-state index in [1.54, 1.807) is 17.2 Å². The van der Waals surface area contributed by atoms with Crippen molar-refractivity contribution in [1.29, 1.82) is 0 Å². The minimum Gasteiger partial charge on any atom is -0.469 e. The van der Waals surface area contributed by atoms with Crippen LogP contribution in [0.4, 0.5) is 4.39 Å². The zero-order valence-electron chi connectivity index (χ0n) is 13.2. The van der Waals surface area contributed by atoms with Crippen LogP contribution in [0.5, 0.6) is 5.88 Å². The molecule has 0 N–H and O–H groups in total. The second-order valence-corrected chi connectivity index (χ2v) is 6.19. The summed E-state index contributed by atoms with van der Waals surface area (Å²) in [5.74, 6) is 1.46. The largest absolute Gasteiger partial charge is 0.469 e. The Hall–Kier alpha value is -2.51. The molecule has 0 saturated heterocycles. The maximum atomic E-state index is 14.3. The number of ether oxygens (including phenoxy) is 1. The lowest BCUT2D eigenvalue weighted by Crippen LogP contribution is -2.52. The van der Waals surface area contributed by atoms with E-state index in [0.717, 1.165) is 6.42 Å². The van der Waals surface area contributed by atoms with E-state index in [-0.39, 0.29) is 6.61 Å². The Morgan fingerprint density at radius 3 is 2.88 bits per heavy atom. The quantitative estimate of drug-likeness (QED) is 0.849. The van der Waals surface area contributed by atoms with Crippen molar-refractivity contribution in [2.75, 3.05) is 6.54 Å². The van der Waals surface area contributed by atoms with Crippen LogP contribution in [0.15, 0.2) is 24.4 Å². The van der Waals surface area contributed by atoms with Gasteiger partial charge in [0.05, 0.1) is 6.54 Å². The van der Waals surface area contributed by atoms with Gasteiger partial charge in [0.15, 0.2) is 17.3 Å². The van der Waals surface area contributed by atoms with Crippen LogP contribution in [0.3, 0.4) is 0 Å². The van der Waals surface area contributed by atoms with Gasteiger partial charge in [0.25, 0.3) is 5.91 Å². The van der Waals surface area contributed by atoms with Crippen LogP contribution in [-0.2, 0) is 24.5 Å². The van der Waals surface area contributed by atoms with Crippen LogP contribution in [0.25, 0.3) is 0 Å². The molecule has 4 rings (SSSR count). The highest BCUT2D eigenvalue weighted by atomic mass is 19.1. The molecule has 0 bridgehead atoms. The maximum absolute atomic E-state index is 14.3. The van der Waals surface area contributed by atoms with Gasteiger partial charge in [0.2, 0.25) is 5.88 Å². The molecule has 1 fully saturated rings. The van der Waals surface area contributed by atoms with Crippen molar-refractivity contribution in [3.05, 3.63) is 36.0 Å². The Balaban J connectivity index is 1.43. The molecule has 0 aromatic carbocycles. The maximum Gasteiger partial charge on any atom is 0.260 e. The van der Waals surface area contributed by atoms with Crippen LogP contribution in [-0.4, -0.2) is 42.8 Å². The van der Waals surface area contributed by atoms with Crippen molar-refractivity contribution >= 4 is 5.91 Å². The summed E-state index contributed by atoms with van der Waals surface area (Å²) >= 11 is 0. The van der Waals surface area contributed by atoms with Crippen molar-refractivity contribution < 1.29 is 13.9 Å². The number of fused-ring (bicyclic) bond motifs is 1. The molecule has 0 radical (unpaired) electrons. The topological polar surface area (TPSA) is 73.1 Å². The number of amides is 1. The molecule has 2 aliphatic rings. The van der Waals surface area contributed by atoms with E-state index in [4.69, 9.17) is 4.74 Å². The molecular formula is C16H18FN5O2. The van der Waals surface area contributed by atoms with Crippen molar-refractivity contribution in [3.8, 4) is 5.88 Å². The van der Waals surface area contributed by atoms with Gasteiger partial charge in [0.1, 0.15) is 6.61 Å². The smallest absolute Gasteiger partial charge is 0.260 e. The lowest BCUT2D eigenvalue weighted by atomic mass is 9.81. The molecule has 1 saturated carbocycles. The number of halogens is 1. The number of nitrogens with zero attached hydrogens (tertiary/aromatic N) is 5. The molecule has 7 nitrogen and oxygen atoms in total. The summed E-state index contributed by atoms with van der Waals surface area (Å²) in [6.07, 6.45) is 3.10. The zero-order valence-corrected chi connectivity index (χ0v) is 13.2. The number of rotatable bonds is 4. The van der Waals surface area contributed by atoms with Gasteiger partial charge in [-0.15, -0.1) is 10.2 Å². The second kappa shape index (κ2) is 5.85. The molecule has 24 heavy (non-hydrogen) atoms. The van der Waals surface area contributed by atoms with E-state index in [2.05, 4.69) is 15.2 Å². The SMILES string of the molecule is O=C(N1CCn2c(COc3ccccn3)nnc2C1)C1(F)CCC1. The summed E-state index contributed by atoms with van der Waals surface area (Å²) in [6, 6.07) is 5.43. The average molecular weight is 331 g/mol. The number of aromatic nitrogens is 4. The summed E-state index contributed by atoms with van der Waals surface area (Å²) in [7, 11) is 0. The Morgan fingerprint density at radius 2 is 2.17 bits per heavy atom. The molecule has 1 aliphatic carbocycles.